The second-order valence-electron chi connectivity index (χ2n) is 1.93. The van der Waals surface area contributed by atoms with Crippen LogP contribution in [0.3, 0.4) is 0 Å². The summed E-state index contributed by atoms with van der Waals surface area (Å²) < 4.78 is 14.3. The van der Waals surface area contributed by atoms with Crippen molar-refractivity contribution >= 4 is 7.82 Å². The topological polar surface area (TPSA) is 84.6 Å². The van der Waals surface area contributed by atoms with Gasteiger partial charge in [-0.1, -0.05) is 4.85 Å². The van der Waals surface area contributed by atoms with Gasteiger partial charge in [0.25, 0.3) is 0 Å². The molecule has 0 amide bonds. The highest BCUT2D eigenvalue weighted by Crippen LogP contribution is 2.30. The van der Waals surface area contributed by atoms with Gasteiger partial charge in [0.05, 0.1) is 11.9 Å². The average molecular weight is 178 g/mol. The van der Waals surface area contributed by atoms with E-state index in [0.29, 0.717) is 5.69 Å². The highest BCUT2D eigenvalue weighted by atomic mass is 31.2. The maximum Gasteiger partial charge on any atom is 0.545 e. The van der Waals surface area contributed by atoms with Crippen molar-refractivity contribution in [2.45, 2.75) is 6.92 Å². The molecular formula is C4H7N2O4P. The summed E-state index contributed by atoms with van der Waals surface area (Å²) >= 11 is 0. The molecule has 11 heavy (non-hydrogen) atoms. The Hall–Kier alpha value is -0.840. The normalized spacial score (nSPS) is 11.5. The highest BCUT2D eigenvalue weighted by Gasteiger charge is 2.16. The summed E-state index contributed by atoms with van der Waals surface area (Å²) in [6.45, 7) is 1.68. The van der Waals surface area contributed by atoms with Gasteiger partial charge >= 0.3 is 7.82 Å². The molecule has 0 aliphatic carbocycles. The second kappa shape index (κ2) is 2.65. The van der Waals surface area contributed by atoms with Gasteiger partial charge in [0, 0.05) is 0 Å². The van der Waals surface area contributed by atoms with Crippen LogP contribution in [0.25, 0.3) is 0 Å². The van der Waals surface area contributed by atoms with Gasteiger partial charge in [-0.3, -0.25) is 14.4 Å². The Labute approximate surface area is 62.6 Å². The van der Waals surface area contributed by atoms with E-state index in [2.05, 4.69) is 9.72 Å². The molecule has 0 fully saturated rings. The molecule has 1 aromatic heterocycles. The van der Waals surface area contributed by atoms with E-state index < -0.39 is 7.82 Å². The highest BCUT2D eigenvalue weighted by molar-refractivity contribution is 7.46. The van der Waals surface area contributed by atoms with Crippen LogP contribution in [-0.2, 0) is 4.57 Å². The second-order valence-corrected chi connectivity index (χ2v) is 3.08. The van der Waals surface area contributed by atoms with E-state index in [0.717, 1.165) is 4.85 Å². The summed E-state index contributed by atoms with van der Waals surface area (Å²) in [4.78, 5) is 17.3. The molecular weight excluding hydrogens is 171 g/mol. The standard InChI is InChI=1S/C4H7N2O4P/c1-4-2-3-6(5-4)10-11(7,8)9/h2-3H,1H3,(H2,7,8,9). The SMILES string of the molecule is Cc1ccn(OP(=O)(O)O)n1. The monoisotopic (exact) mass is 178 g/mol. The third-order valence-electron chi connectivity index (χ3n) is 0.890. The predicted octanol–water partition coefficient (Wildman–Crippen LogP) is -0.287. The van der Waals surface area contributed by atoms with Gasteiger partial charge in [0.1, 0.15) is 0 Å². The first-order valence-electron chi connectivity index (χ1n) is 2.75. The maximum absolute atomic E-state index is 10.2. The Morgan fingerprint density at radius 3 is 2.73 bits per heavy atom. The summed E-state index contributed by atoms with van der Waals surface area (Å²) in [5.74, 6) is 0. The molecule has 0 radical (unpaired) electrons. The van der Waals surface area contributed by atoms with E-state index in [1.54, 1.807) is 13.0 Å². The number of rotatable bonds is 2. The van der Waals surface area contributed by atoms with Crippen LogP contribution in [0.5, 0.6) is 0 Å². The summed E-state index contributed by atoms with van der Waals surface area (Å²) in [6, 6.07) is 1.57. The quantitative estimate of drug-likeness (QED) is 0.608. The zero-order valence-corrected chi connectivity index (χ0v) is 6.60. The molecule has 0 saturated heterocycles. The molecule has 62 valence electrons. The van der Waals surface area contributed by atoms with Crippen LogP contribution in [-0.4, -0.2) is 19.7 Å². The lowest BCUT2D eigenvalue weighted by atomic mass is 10.5. The Kier molecular flexibility index (Phi) is 1.99. The predicted molar refractivity (Wildman–Crippen MR) is 35.6 cm³/mol. The van der Waals surface area contributed by atoms with Crippen LogP contribution in [0.2, 0.25) is 0 Å². The molecule has 6 nitrogen and oxygen atoms in total. The number of hydrogen-bond donors (Lipinski definition) is 2. The van der Waals surface area contributed by atoms with Crippen LogP contribution in [0.1, 0.15) is 5.69 Å². The van der Waals surface area contributed by atoms with Crippen molar-refractivity contribution in [2.75, 3.05) is 0 Å². The Morgan fingerprint density at radius 1 is 1.73 bits per heavy atom. The first kappa shape index (κ1) is 8.26. The Balaban J connectivity index is 2.73. The average Bonchev–Trinajstić information content (AvgIpc) is 2.10. The van der Waals surface area contributed by atoms with E-state index in [1.165, 1.54) is 6.20 Å². The molecule has 7 heteroatoms. The van der Waals surface area contributed by atoms with Crippen molar-refractivity contribution in [3.8, 4) is 0 Å². The van der Waals surface area contributed by atoms with Crippen LogP contribution in [0.4, 0.5) is 0 Å². The Bertz CT molecular complexity index is 290. The minimum absolute atomic E-state index is 0.624. The Morgan fingerprint density at radius 2 is 2.36 bits per heavy atom. The molecule has 0 aromatic carbocycles. The molecule has 0 atom stereocenters. The summed E-state index contributed by atoms with van der Waals surface area (Å²) in [7, 11) is -4.47. The maximum atomic E-state index is 10.2. The molecule has 0 saturated carbocycles. The largest absolute Gasteiger partial charge is 0.545 e. The van der Waals surface area contributed by atoms with Crippen molar-refractivity contribution in [3.63, 3.8) is 0 Å². The number of hydrogen-bond acceptors (Lipinski definition) is 3. The third-order valence-corrected chi connectivity index (χ3v) is 1.27. The summed E-state index contributed by atoms with van der Waals surface area (Å²) in [5, 5.41) is 3.60. The fraction of sp³-hybridized carbons (Fsp3) is 0.250. The molecule has 0 aliphatic heterocycles. The molecule has 1 rings (SSSR count). The smallest absolute Gasteiger partial charge is 0.293 e. The molecule has 0 bridgehead atoms. The third kappa shape index (κ3) is 2.71. The van der Waals surface area contributed by atoms with Gasteiger partial charge in [-0.05, 0) is 13.0 Å². The van der Waals surface area contributed by atoms with Crippen LogP contribution >= 0.6 is 7.82 Å². The van der Waals surface area contributed by atoms with E-state index in [9.17, 15) is 4.57 Å². The minimum Gasteiger partial charge on any atom is -0.293 e. The van der Waals surface area contributed by atoms with Gasteiger partial charge in [-0.15, -0.1) is 5.10 Å². The van der Waals surface area contributed by atoms with E-state index in [-0.39, 0.29) is 0 Å². The van der Waals surface area contributed by atoms with Gasteiger partial charge in [-0.2, -0.15) is 0 Å². The number of aryl methyl sites for hydroxylation is 1. The van der Waals surface area contributed by atoms with Gasteiger partial charge in [-0.25, -0.2) is 4.57 Å². The zero-order chi connectivity index (χ0) is 8.48. The number of phosphoric acid groups is 1. The van der Waals surface area contributed by atoms with Crippen LogP contribution < -0.4 is 4.62 Å². The molecule has 1 aromatic rings. The lowest BCUT2D eigenvalue weighted by molar-refractivity contribution is 0.154. The van der Waals surface area contributed by atoms with Crippen LogP contribution in [0, 0.1) is 6.92 Å². The van der Waals surface area contributed by atoms with Crippen molar-refractivity contribution < 1.29 is 19.0 Å². The zero-order valence-electron chi connectivity index (χ0n) is 5.71. The number of aromatic nitrogens is 2. The lowest BCUT2D eigenvalue weighted by Crippen LogP contribution is -2.08. The van der Waals surface area contributed by atoms with Crippen LogP contribution in [0.15, 0.2) is 12.3 Å². The molecule has 1 heterocycles. The number of nitrogens with zero attached hydrogens (tertiary/aromatic N) is 2. The summed E-state index contributed by atoms with van der Waals surface area (Å²) in [6.07, 6.45) is 1.31. The van der Waals surface area contributed by atoms with Gasteiger partial charge in [0.2, 0.25) is 0 Å². The fourth-order valence-electron chi connectivity index (χ4n) is 0.548. The molecule has 0 aliphatic rings. The molecule has 0 spiro atoms. The van der Waals surface area contributed by atoms with E-state index >= 15 is 0 Å². The van der Waals surface area contributed by atoms with E-state index in [1.807, 2.05) is 0 Å². The summed E-state index contributed by atoms with van der Waals surface area (Å²) in [5.41, 5.74) is 0.624. The fourth-order valence-corrected chi connectivity index (χ4v) is 0.857. The van der Waals surface area contributed by atoms with Crippen molar-refractivity contribution in [3.05, 3.63) is 18.0 Å². The molecule has 0 unspecified atom stereocenters. The van der Waals surface area contributed by atoms with Crippen molar-refractivity contribution in [1.82, 2.24) is 9.94 Å². The van der Waals surface area contributed by atoms with Crippen molar-refractivity contribution in [2.24, 2.45) is 0 Å². The van der Waals surface area contributed by atoms with Gasteiger partial charge < -0.3 is 0 Å². The first-order valence-corrected chi connectivity index (χ1v) is 4.28. The van der Waals surface area contributed by atoms with Gasteiger partial charge in [0.15, 0.2) is 0 Å². The van der Waals surface area contributed by atoms with Crippen molar-refractivity contribution in [1.29, 1.82) is 0 Å². The minimum atomic E-state index is -4.47. The molecule has 2 N–H and O–H groups in total. The lowest BCUT2D eigenvalue weighted by Gasteiger charge is -2.03. The van der Waals surface area contributed by atoms with E-state index in [4.69, 9.17) is 9.79 Å². The first-order chi connectivity index (χ1) is 4.97.